The van der Waals surface area contributed by atoms with Gasteiger partial charge in [0.25, 0.3) is 0 Å². The summed E-state index contributed by atoms with van der Waals surface area (Å²) in [4.78, 5) is 15.7. The number of aromatic nitrogens is 1. The van der Waals surface area contributed by atoms with E-state index in [0.717, 1.165) is 5.56 Å². The number of benzene rings is 1. The molecule has 2 rings (SSSR count). The first-order valence-corrected chi connectivity index (χ1v) is 6.07. The van der Waals surface area contributed by atoms with Crippen LogP contribution < -0.4 is 4.74 Å². The number of ether oxygens (including phenoxy) is 2. The fourth-order valence-electron chi connectivity index (χ4n) is 1.67. The first-order valence-electron chi connectivity index (χ1n) is 6.07. The molecule has 0 spiro atoms. The summed E-state index contributed by atoms with van der Waals surface area (Å²) in [5.74, 6) is 0.847. The van der Waals surface area contributed by atoms with Gasteiger partial charge < -0.3 is 9.47 Å². The molecule has 0 aliphatic rings. The molecule has 0 atom stereocenters. The lowest BCUT2D eigenvalue weighted by atomic mass is 10.1. The van der Waals surface area contributed by atoms with Crippen molar-refractivity contribution in [2.75, 3.05) is 6.61 Å². The first-order chi connectivity index (χ1) is 9.20. The fraction of sp³-hybridized carbons (Fsp3) is 0.200. The molecule has 0 aliphatic heterocycles. The van der Waals surface area contributed by atoms with Crippen molar-refractivity contribution in [3.8, 4) is 11.6 Å². The molecule has 0 bridgehead atoms. The summed E-state index contributed by atoms with van der Waals surface area (Å²) >= 11 is 0. The maximum atomic E-state index is 11.7. The molecular weight excluding hydrogens is 242 g/mol. The number of esters is 1. The lowest BCUT2D eigenvalue weighted by Gasteiger charge is -2.08. The number of aryl methyl sites for hydroxylation is 1. The van der Waals surface area contributed by atoms with Crippen LogP contribution in [0.15, 0.2) is 42.6 Å². The predicted molar refractivity (Wildman–Crippen MR) is 71.4 cm³/mol. The van der Waals surface area contributed by atoms with Crippen LogP contribution in [-0.2, 0) is 4.74 Å². The maximum absolute atomic E-state index is 11.7. The Hall–Kier alpha value is -2.36. The summed E-state index contributed by atoms with van der Waals surface area (Å²) in [7, 11) is 0. The molecule has 4 nitrogen and oxygen atoms in total. The first kappa shape index (κ1) is 13.1. The van der Waals surface area contributed by atoms with E-state index >= 15 is 0 Å². The van der Waals surface area contributed by atoms with E-state index in [1.165, 1.54) is 0 Å². The van der Waals surface area contributed by atoms with Crippen LogP contribution in [0.1, 0.15) is 22.8 Å². The number of pyridine rings is 1. The smallest absolute Gasteiger partial charge is 0.338 e. The summed E-state index contributed by atoms with van der Waals surface area (Å²) in [5.41, 5.74) is 1.36. The van der Waals surface area contributed by atoms with Gasteiger partial charge in [-0.05, 0) is 43.7 Å². The van der Waals surface area contributed by atoms with Gasteiger partial charge in [-0.3, -0.25) is 0 Å². The van der Waals surface area contributed by atoms with Crippen molar-refractivity contribution in [1.29, 1.82) is 0 Å². The zero-order chi connectivity index (χ0) is 13.7. The molecule has 4 heteroatoms. The van der Waals surface area contributed by atoms with E-state index in [1.807, 2.05) is 19.1 Å². The Kier molecular flexibility index (Phi) is 4.13. The second-order valence-electron chi connectivity index (χ2n) is 3.97. The van der Waals surface area contributed by atoms with E-state index in [0.29, 0.717) is 23.8 Å². The lowest BCUT2D eigenvalue weighted by molar-refractivity contribution is 0.0525. The van der Waals surface area contributed by atoms with Crippen LogP contribution in [0, 0.1) is 6.92 Å². The van der Waals surface area contributed by atoms with Gasteiger partial charge in [0.05, 0.1) is 12.2 Å². The Morgan fingerprint density at radius 2 is 2.11 bits per heavy atom. The van der Waals surface area contributed by atoms with E-state index in [2.05, 4.69) is 4.98 Å². The highest BCUT2D eigenvalue weighted by atomic mass is 16.5. The van der Waals surface area contributed by atoms with Gasteiger partial charge in [-0.25, -0.2) is 9.78 Å². The quantitative estimate of drug-likeness (QED) is 0.788. The topological polar surface area (TPSA) is 48.4 Å². The van der Waals surface area contributed by atoms with Crippen LogP contribution in [0.25, 0.3) is 0 Å². The summed E-state index contributed by atoms with van der Waals surface area (Å²) in [6.07, 6.45) is 1.66. The van der Waals surface area contributed by atoms with Gasteiger partial charge in [-0.15, -0.1) is 0 Å². The van der Waals surface area contributed by atoms with Gasteiger partial charge in [0, 0.05) is 12.3 Å². The Morgan fingerprint density at radius 3 is 2.74 bits per heavy atom. The Morgan fingerprint density at radius 1 is 1.26 bits per heavy atom. The lowest BCUT2D eigenvalue weighted by Crippen LogP contribution is -2.06. The number of rotatable bonds is 4. The van der Waals surface area contributed by atoms with Gasteiger partial charge in [-0.1, -0.05) is 6.07 Å². The second kappa shape index (κ2) is 6.00. The molecule has 0 saturated carbocycles. The third-order valence-corrected chi connectivity index (χ3v) is 2.55. The molecule has 98 valence electrons. The molecule has 2 aromatic rings. The van der Waals surface area contributed by atoms with E-state index in [1.54, 1.807) is 37.4 Å². The van der Waals surface area contributed by atoms with Gasteiger partial charge in [-0.2, -0.15) is 0 Å². The third kappa shape index (κ3) is 3.31. The molecule has 1 heterocycles. The minimum absolute atomic E-state index is 0.315. The van der Waals surface area contributed by atoms with Crippen molar-refractivity contribution in [3.05, 3.63) is 53.7 Å². The van der Waals surface area contributed by atoms with Crippen LogP contribution in [0.5, 0.6) is 11.6 Å². The highest BCUT2D eigenvalue weighted by Crippen LogP contribution is 2.22. The zero-order valence-electron chi connectivity index (χ0n) is 10.9. The molecule has 0 unspecified atom stereocenters. The number of hydrogen-bond donors (Lipinski definition) is 0. The van der Waals surface area contributed by atoms with Crippen molar-refractivity contribution in [3.63, 3.8) is 0 Å². The second-order valence-corrected chi connectivity index (χ2v) is 3.97. The molecule has 19 heavy (non-hydrogen) atoms. The normalized spacial score (nSPS) is 10.0. The van der Waals surface area contributed by atoms with E-state index in [9.17, 15) is 4.79 Å². The SMILES string of the molecule is CCOC(=O)c1ccc(Oc2ccccn2)cc1C. The van der Waals surface area contributed by atoms with Crippen LogP contribution >= 0.6 is 0 Å². The third-order valence-electron chi connectivity index (χ3n) is 2.55. The Balaban J connectivity index is 2.17. The minimum atomic E-state index is -0.315. The molecule has 0 fully saturated rings. The monoisotopic (exact) mass is 257 g/mol. The van der Waals surface area contributed by atoms with E-state index in [-0.39, 0.29) is 5.97 Å². The summed E-state index contributed by atoms with van der Waals surface area (Å²) in [6, 6.07) is 10.7. The average Bonchev–Trinajstić information content (AvgIpc) is 2.40. The molecule has 0 amide bonds. The molecule has 1 aromatic carbocycles. The number of hydrogen-bond acceptors (Lipinski definition) is 4. The molecular formula is C15H15NO3. The molecule has 0 N–H and O–H groups in total. The molecule has 1 aromatic heterocycles. The van der Waals surface area contributed by atoms with Crippen LogP contribution in [-0.4, -0.2) is 17.6 Å². The average molecular weight is 257 g/mol. The van der Waals surface area contributed by atoms with E-state index in [4.69, 9.17) is 9.47 Å². The summed E-state index contributed by atoms with van der Waals surface area (Å²) in [5, 5.41) is 0. The number of nitrogens with zero attached hydrogens (tertiary/aromatic N) is 1. The van der Waals surface area contributed by atoms with Gasteiger partial charge >= 0.3 is 5.97 Å². The van der Waals surface area contributed by atoms with Crippen molar-refractivity contribution in [2.24, 2.45) is 0 Å². The van der Waals surface area contributed by atoms with Crippen LogP contribution in [0.3, 0.4) is 0 Å². The summed E-state index contributed by atoms with van der Waals surface area (Å²) in [6.45, 7) is 3.99. The van der Waals surface area contributed by atoms with Crippen molar-refractivity contribution in [2.45, 2.75) is 13.8 Å². The largest absolute Gasteiger partial charge is 0.462 e. The highest BCUT2D eigenvalue weighted by molar-refractivity contribution is 5.91. The summed E-state index contributed by atoms with van der Waals surface area (Å²) < 4.78 is 10.6. The Labute approximate surface area is 112 Å². The molecule has 0 saturated heterocycles. The Bertz CT molecular complexity index is 567. The van der Waals surface area contributed by atoms with Crippen LogP contribution in [0.4, 0.5) is 0 Å². The van der Waals surface area contributed by atoms with Crippen LogP contribution in [0.2, 0.25) is 0 Å². The molecule has 0 radical (unpaired) electrons. The minimum Gasteiger partial charge on any atom is -0.462 e. The van der Waals surface area contributed by atoms with E-state index < -0.39 is 0 Å². The number of carbonyl (C=O) groups excluding carboxylic acids is 1. The van der Waals surface area contributed by atoms with Gasteiger partial charge in [0.2, 0.25) is 5.88 Å². The number of carbonyl (C=O) groups is 1. The van der Waals surface area contributed by atoms with Crippen molar-refractivity contribution in [1.82, 2.24) is 4.98 Å². The zero-order valence-corrected chi connectivity index (χ0v) is 10.9. The fourth-order valence-corrected chi connectivity index (χ4v) is 1.67. The predicted octanol–water partition coefficient (Wildman–Crippen LogP) is 3.36. The standard InChI is InChI=1S/C15H15NO3/c1-3-18-15(17)13-8-7-12(10-11(13)2)19-14-6-4-5-9-16-14/h4-10H,3H2,1-2H3. The highest BCUT2D eigenvalue weighted by Gasteiger charge is 2.10. The van der Waals surface area contributed by atoms with Crippen molar-refractivity contribution >= 4 is 5.97 Å². The maximum Gasteiger partial charge on any atom is 0.338 e. The van der Waals surface area contributed by atoms with Crippen molar-refractivity contribution < 1.29 is 14.3 Å². The van der Waals surface area contributed by atoms with Gasteiger partial charge in [0.15, 0.2) is 0 Å². The molecule has 0 aliphatic carbocycles. The van der Waals surface area contributed by atoms with Gasteiger partial charge in [0.1, 0.15) is 5.75 Å².